The highest BCUT2D eigenvalue weighted by atomic mass is 15.2. The number of nitrogens with two attached hydrogens (primary N) is 1. The number of benzene rings is 2. The minimum atomic E-state index is 0.167. The van der Waals surface area contributed by atoms with Crippen LogP contribution in [0.15, 0.2) is 102 Å². The Hall–Kier alpha value is -3.26. The van der Waals surface area contributed by atoms with Crippen LogP contribution in [0.1, 0.15) is 25.8 Å². The lowest BCUT2D eigenvalue weighted by Gasteiger charge is -2.37. The largest absolute Gasteiger partial charge is 0.398 e. The minimum absolute atomic E-state index is 0.167. The summed E-state index contributed by atoms with van der Waals surface area (Å²) in [5.41, 5.74) is 14.7. The van der Waals surface area contributed by atoms with Crippen molar-refractivity contribution in [1.29, 1.82) is 0 Å². The SMILES string of the molecule is C/C=C\C=C(/C)CC1=CC=CC2C=C1c1c(N)cccc1N2c1ccccc1. The van der Waals surface area contributed by atoms with Crippen LogP contribution in [0.4, 0.5) is 17.1 Å². The molecule has 1 atom stereocenters. The Balaban J connectivity index is 1.83. The fourth-order valence-corrected chi connectivity index (χ4v) is 4.00. The molecule has 0 amide bonds. The second-order valence-electron chi connectivity index (χ2n) is 7.31. The van der Waals surface area contributed by atoms with Crippen LogP contribution in [0.25, 0.3) is 5.57 Å². The first-order valence-corrected chi connectivity index (χ1v) is 9.80. The fraction of sp³-hybridized carbons (Fsp3) is 0.154. The van der Waals surface area contributed by atoms with Gasteiger partial charge in [-0.1, -0.05) is 66.3 Å². The highest BCUT2D eigenvalue weighted by molar-refractivity contribution is 5.97. The summed E-state index contributed by atoms with van der Waals surface area (Å²) in [7, 11) is 0. The number of allylic oxidation sites excluding steroid dienone is 8. The molecule has 2 aromatic carbocycles. The van der Waals surface area contributed by atoms with Gasteiger partial charge in [-0.25, -0.2) is 0 Å². The van der Waals surface area contributed by atoms with Crippen molar-refractivity contribution < 1.29 is 0 Å². The molecule has 2 aliphatic rings. The molecule has 0 saturated carbocycles. The number of rotatable bonds is 4. The summed E-state index contributed by atoms with van der Waals surface area (Å²) in [6.45, 7) is 4.22. The van der Waals surface area contributed by atoms with Gasteiger partial charge in [0, 0.05) is 16.9 Å². The molecule has 2 nitrogen and oxygen atoms in total. The molecule has 1 unspecified atom stereocenters. The normalized spacial score (nSPS) is 18.6. The Kier molecular flexibility index (Phi) is 5.03. The summed E-state index contributed by atoms with van der Waals surface area (Å²) in [5, 5.41) is 0. The second kappa shape index (κ2) is 7.77. The van der Waals surface area contributed by atoms with Crippen molar-refractivity contribution in [1.82, 2.24) is 0 Å². The van der Waals surface area contributed by atoms with Gasteiger partial charge >= 0.3 is 0 Å². The fourth-order valence-electron chi connectivity index (χ4n) is 4.00. The zero-order valence-corrected chi connectivity index (χ0v) is 16.5. The molecule has 4 rings (SSSR count). The molecule has 2 bridgehead atoms. The van der Waals surface area contributed by atoms with E-state index in [1.54, 1.807) is 0 Å². The van der Waals surface area contributed by atoms with Crippen molar-refractivity contribution in [3.8, 4) is 0 Å². The van der Waals surface area contributed by atoms with Crippen molar-refractivity contribution in [2.75, 3.05) is 10.6 Å². The van der Waals surface area contributed by atoms with Gasteiger partial charge in [-0.3, -0.25) is 0 Å². The van der Waals surface area contributed by atoms with E-state index in [9.17, 15) is 0 Å². The van der Waals surface area contributed by atoms with Crippen molar-refractivity contribution in [2.24, 2.45) is 0 Å². The Morgan fingerprint density at radius 2 is 1.93 bits per heavy atom. The van der Waals surface area contributed by atoms with Gasteiger partial charge in [0.15, 0.2) is 0 Å². The van der Waals surface area contributed by atoms with Gasteiger partial charge in [0.05, 0.1) is 11.7 Å². The standard InChI is InChI=1S/C26H26N2/c1-3-4-10-19(2)17-20-11-8-14-22-18-23(20)26-24(27)15-9-16-25(26)28(22)21-12-6-5-7-13-21/h3-16,18,22H,17,27H2,1-2H3/b4-3-,19-10+. The summed E-state index contributed by atoms with van der Waals surface area (Å²) >= 11 is 0. The molecule has 1 aliphatic carbocycles. The molecule has 0 fully saturated rings. The van der Waals surface area contributed by atoms with E-state index in [1.807, 2.05) is 19.1 Å². The van der Waals surface area contributed by atoms with Crippen molar-refractivity contribution in [3.63, 3.8) is 0 Å². The number of fused-ring (bicyclic) bond motifs is 3. The number of hydrogen-bond donors (Lipinski definition) is 1. The molecule has 0 saturated heterocycles. The van der Waals surface area contributed by atoms with Gasteiger partial charge in [0.1, 0.15) is 0 Å². The Labute approximate surface area is 167 Å². The lowest BCUT2D eigenvalue weighted by molar-refractivity contribution is 0.930. The summed E-state index contributed by atoms with van der Waals surface area (Å²) in [6.07, 6.45) is 16.3. The van der Waals surface area contributed by atoms with E-state index < -0.39 is 0 Å². The highest BCUT2D eigenvalue weighted by Crippen LogP contribution is 2.46. The quantitative estimate of drug-likeness (QED) is 0.489. The van der Waals surface area contributed by atoms with Crippen LogP contribution in [0.2, 0.25) is 0 Å². The number of anilines is 3. The molecule has 140 valence electrons. The van der Waals surface area contributed by atoms with Crippen LogP contribution < -0.4 is 10.6 Å². The van der Waals surface area contributed by atoms with Crippen LogP contribution in [0.3, 0.4) is 0 Å². The zero-order valence-electron chi connectivity index (χ0n) is 16.5. The molecule has 2 aromatic rings. The zero-order chi connectivity index (χ0) is 19.5. The van der Waals surface area contributed by atoms with E-state index in [0.717, 1.165) is 17.7 Å². The first kappa shape index (κ1) is 18.1. The number of hydrogen-bond acceptors (Lipinski definition) is 2. The molecule has 1 heterocycles. The highest BCUT2D eigenvalue weighted by Gasteiger charge is 2.30. The van der Waals surface area contributed by atoms with Gasteiger partial charge in [0.2, 0.25) is 0 Å². The average Bonchev–Trinajstić information content (AvgIpc) is 2.87. The van der Waals surface area contributed by atoms with E-state index in [1.165, 1.54) is 28.1 Å². The first-order valence-electron chi connectivity index (χ1n) is 9.80. The van der Waals surface area contributed by atoms with Gasteiger partial charge in [-0.2, -0.15) is 0 Å². The Morgan fingerprint density at radius 3 is 2.71 bits per heavy atom. The summed E-state index contributed by atoms with van der Waals surface area (Å²) in [4.78, 5) is 2.37. The number of nitrogen functional groups attached to an aromatic ring is 1. The van der Waals surface area contributed by atoms with Gasteiger partial charge in [0.25, 0.3) is 0 Å². The number of para-hydroxylation sites is 1. The average molecular weight is 367 g/mol. The third-order valence-corrected chi connectivity index (χ3v) is 5.27. The molecule has 2 heteroatoms. The third kappa shape index (κ3) is 3.34. The van der Waals surface area contributed by atoms with Crippen LogP contribution in [-0.4, -0.2) is 6.04 Å². The van der Waals surface area contributed by atoms with E-state index in [0.29, 0.717) is 0 Å². The van der Waals surface area contributed by atoms with Crippen molar-refractivity contribution in [2.45, 2.75) is 26.3 Å². The van der Waals surface area contributed by atoms with Crippen molar-refractivity contribution in [3.05, 3.63) is 108 Å². The lowest BCUT2D eigenvalue weighted by atomic mass is 9.87. The van der Waals surface area contributed by atoms with Gasteiger partial charge in [-0.05, 0) is 61.8 Å². The monoisotopic (exact) mass is 366 g/mol. The molecule has 0 spiro atoms. The summed E-state index contributed by atoms with van der Waals surface area (Å²) < 4.78 is 0. The van der Waals surface area contributed by atoms with Crippen LogP contribution >= 0.6 is 0 Å². The maximum Gasteiger partial charge on any atom is 0.0718 e. The predicted octanol–water partition coefficient (Wildman–Crippen LogP) is 6.58. The van der Waals surface area contributed by atoms with Gasteiger partial charge in [-0.15, -0.1) is 0 Å². The van der Waals surface area contributed by atoms with Gasteiger partial charge < -0.3 is 10.6 Å². The van der Waals surface area contributed by atoms with Crippen LogP contribution in [-0.2, 0) is 0 Å². The second-order valence-corrected chi connectivity index (χ2v) is 7.31. The minimum Gasteiger partial charge on any atom is -0.398 e. The van der Waals surface area contributed by atoms with Crippen LogP contribution in [0.5, 0.6) is 0 Å². The van der Waals surface area contributed by atoms with Crippen LogP contribution in [0, 0.1) is 0 Å². The molecule has 2 N–H and O–H groups in total. The Bertz CT molecular complexity index is 1020. The molecule has 28 heavy (non-hydrogen) atoms. The third-order valence-electron chi connectivity index (χ3n) is 5.27. The molecule has 1 aliphatic heterocycles. The summed E-state index contributed by atoms with van der Waals surface area (Å²) in [6, 6.07) is 16.9. The molecule has 0 radical (unpaired) electrons. The van der Waals surface area contributed by atoms with E-state index in [4.69, 9.17) is 5.73 Å². The van der Waals surface area contributed by atoms with E-state index in [2.05, 4.69) is 90.8 Å². The smallest absolute Gasteiger partial charge is 0.0718 e. The van der Waals surface area contributed by atoms with Crippen molar-refractivity contribution >= 4 is 22.6 Å². The Morgan fingerprint density at radius 1 is 1.11 bits per heavy atom. The molecular formula is C26H26N2. The molecular weight excluding hydrogens is 340 g/mol. The maximum absolute atomic E-state index is 6.50. The van der Waals surface area contributed by atoms with E-state index >= 15 is 0 Å². The number of nitrogens with zero attached hydrogens (tertiary/aromatic N) is 1. The lowest BCUT2D eigenvalue weighted by Crippen LogP contribution is -2.31. The topological polar surface area (TPSA) is 29.3 Å². The maximum atomic E-state index is 6.50. The first-order chi connectivity index (χ1) is 13.7. The molecule has 0 aromatic heterocycles. The predicted molar refractivity (Wildman–Crippen MR) is 122 cm³/mol. The van der Waals surface area contributed by atoms with E-state index in [-0.39, 0.29) is 6.04 Å². The summed E-state index contributed by atoms with van der Waals surface area (Å²) in [5.74, 6) is 0.